The normalized spacial score (nSPS) is 12.8. The first-order chi connectivity index (χ1) is 12.3. The highest BCUT2D eigenvalue weighted by molar-refractivity contribution is 5.81. The van der Waals surface area contributed by atoms with E-state index in [0.29, 0.717) is 5.57 Å². The van der Waals surface area contributed by atoms with E-state index in [9.17, 15) is 4.79 Å². The lowest BCUT2D eigenvalue weighted by molar-refractivity contribution is -0.131. The number of hydrogen-bond acceptors (Lipinski definition) is 2. The van der Waals surface area contributed by atoms with Gasteiger partial charge in [0.05, 0.1) is 7.11 Å². The minimum Gasteiger partial charge on any atom is -0.496 e. The summed E-state index contributed by atoms with van der Waals surface area (Å²) >= 11 is 0. The number of benzene rings is 1. The van der Waals surface area contributed by atoms with Crippen molar-refractivity contribution in [3.63, 3.8) is 0 Å². The van der Waals surface area contributed by atoms with E-state index in [1.54, 1.807) is 20.1 Å². The molecule has 0 atom stereocenters. The fourth-order valence-corrected chi connectivity index (χ4v) is 2.71. The van der Waals surface area contributed by atoms with Crippen molar-refractivity contribution in [2.24, 2.45) is 0 Å². The van der Waals surface area contributed by atoms with Crippen LogP contribution in [0, 0.1) is 13.8 Å². The van der Waals surface area contributed by atoms with Gasteiger partial charge in [-0.3, -0.25) is 0 Å². The van der Waals surface area contributed by atoms with Crippen molar-refractivity contribution < 1.29 is 14.6 Å². The van der Waals surface area contributed by atoms with Gasteiger partial charge in [0.15, 0.2) is 0 Å². The first kappa shape index (κ1) is 21.2. The zero-order chi connectivity index (χ0) is 19.7. The quantitative estimate of drug-likeness (QED) is 0.377. The van der Waals surface area contributed by atoms with Crippen molar-refractivity contribution in [2.45, 2.75) is 34.1 Å². The zero-order valence-electron chi connectivity index (χ0n) is 16.3. The molecule has 0 saturated heterocycles. The van der Waals surface area contributed by atoms with Crippen LogP contribution >= 0.6 is 0 Å². The van der Waals surface area contributed by atoms with Gasteiger partial charge in [0.2, 0.25) is 0 Å². The second kappa shape index (κ2) is 10.2. The first-order valence-corrected chi connectivity index (χ1v) is 8.52. The summed E-state index contributed by atoms with van der Waals surface area (Å²) in [6.45, 7) is 11.8. The smallest absolute Gasteiger partial charge is 0.328 e. The third-order valence-corrected chi connectivity index (χ3v) is 4.08. The molecule has 0 heterocycles. The largest absolute Gasteiger partial charge is 0.496 e. The van der Waals surface area contributed by atoms with Crippen LogP contribution in [0.4, 0.5) is 0 Å². The molecular formula is C23H28O3. The van der Waals surface area contributed by atoms with Gasteiger partial charge in [-0.05, 0) is 62.4 Å². The number of aryl methyl sites for hydroxylation is 1. The Morgan fingerprint density at radius 1 is 1.23 bits per heavy atom. The molecule has 26 heavy (non-hydrogen) atoms. The van der Waals surface area contributed by atoms with E-state index in [4.69, 9.17) is 9.84 Å². The Bertz CT molecular complexity index is 790. The van der Waals surface area contributed by atoms with Crippen LogP contribution in [0.15, 0.2) is 60.2 Å². The van der Waals surface area contributed by atoms with Crippen LogP contribution in [0.1, 0.15) is 36.1 Å². The van der Waals surface area contributed by atoms with Crippen LogP contribution in [0.5, 0.6) is 5.75 Å². The van der Waals surface area contributed by atoms with Crippen LogP contribution in [0.3, 0.4) is 0 Å². The third-order valence-electron chi connectivity index (χ3n) is 4.08. The van der Waals surface area contributed by atoms with Gasteiger partial charge < -0.3 is 9.84 Å². The van der Waals surface area contributed by atoms with Crippen LogP contribution in [0.2, 0.25) is 0 Å². The van der Waals surface area contributed by atoms with E-state index in [2.05, 4.69) is 38.6 Å². The van der Waals surface area contributed by atoms with Gasteiger partial charge in [-0.15, -0.1) is 6.58 Å². The maximum atomic E-state index is 10.6. The van der Waals surface area contributed by atoms with Crippen molar-refractivity contribution in [3.8, 4) is 5.75 Å². The van der Waals surface area contributed by atoms with Gasteiger partial charge >= 0.3 is 5.97 Å². The summed E-state index contributed by atoms with van der Waals surface area (Å²) in [5.41, 5.74) is 6.46. The van der Waals surface area contributed by atoms with Gasteiger partial charge in [-0.2, -0.15) is 0 Å². The highest BCUT2D eigenvalue weighted by atomic mass is 16.5. The van der Waals surface area contributed by atoms with E-state index >= 15 is 0 Å². The Labute approximate surface area is 156 Å². The predicted molar refractivity (Wildman–Crippen MR) is 110 cm³/mol. The number of allylic oxidation sites excluding steroid dienone is 7. The Balaban J connectivity index is 3.08. The summed E-state index contributed by atoms with van der Waals surface area (Å²) in [6.07, 6.45) is 13.6. The van der Waals surface area contributed by atoms with Gasteiger partial charge in [0, 0.05) is 11.6 Å². The standard InChI is InChI=1S/C23H28O3/c1-7-9-21-19(5)20(18(4)15-22(21)26-6)13-12-16(2)10-8-11-17(3)14-23(24)25/h7-8,10-15H,1,9H2,2-6H3,(H,24,25)/b11-8+,13-12+,16-10+,17-14+. The summed E-state index contributed by atoms with van der Waals surface area (Å²) in [5, 5.41) is 8.70. The van der Waals surface area contributed by atoms with E-state index in [1.165, 1.54) is 17.2 Å². The topological polar surface area (TPSA) is 46.5 Å². The molecule has 0 spiro atoms. The molecule has 1 N–H and O–H groups in total. The number of rotatable bonds is 8. The molecule has 1 rings (SSSR count). The van der Waals surface area contributed by atoms with Gasteiger partial charge in [-0.1, -0.05) is 42.0 Å². The van der Waals surface area contributed by atoms with Crippen molar-refractivity contribution in [3.05, 3.63) is 82.5 Å². The lowest BCUT2D eigenvalue weighted by Crippen LogP contribution is -1.99. The molecule has 0 saturated carbocycles. The number of ether oxygens (including phenoxy) is 1. The molecule has 1 aromatic rings. The van der Waals surface area contributed by atoms with Crippen LogP contribution in [0.25, 0.3) is 6.08 Å². The highest BCUT2D eigenvalue weighted by Gasteiger charge is 2.11. The summed E-state index contributed by atoms with van der Waals surface area (Å²) in [4.78, 5) is 10.6. The maximum Gasteiger partial charge on any atom is 0.328 e. The summed E-state index contributed by atoms with van der Waals surface area (Å²) in [6, 6.07) is 2.06. The average molecular weight is 352 g/mol. The van der Waals surface area contributed by atoms with Crippen LogP contribution < -0.4 is 4.74 Å². The van der Waals surface area contributed by atoms with Crippen molar-refractivity contribution in [1.29, 1.82) is 0 Å². The third kappa shape index (κ3) is 6.25. The fraction of sp³-hybridized carbons (Fsp3) is 0.261. The molecule has 0 unspecified atom stereocenters. The molecule has 1 aromatic carbocycles. The molecule has 0 radical (unpaired) electrons. The van der Waals surface area contributed by atoms with E-state index in [-0.39, 0.29) is 0 Å². The second-order valence-electron chi connectivity index (χ2n) is 6.24. The maximum absolute atomic E-state index is 10.6. The summed E-state index contributed by atoms with van der Waals surface area (Å²) in [7, 11) is 1.69. The first-order valence-electron chi connectivity index (χ1n) is 8.52. The van der Waals surface area contributed by atoms with Crippen LogP contribution in [-0.4, -0.2) is 18.2 Å². The molecule has 138 valence electrons. The number of carboxylic acid groups (broad SMARTS) is 1. The molecule has 3 nitrogen and oxygen atoms in total. The fourth-order valence-electron chi connectivity index (χ4n) is 2.71. The van der Waals surface area contributed by atoms with Gasteiger partial charge in [0.25, 0.3) is 0 Å². The lowest BCUT2D eigenvalue weighted by Gasteiger charge is -2.15. The Hall–Kier alpha value is -2.81. The minimum atomic E-state index is -0.937. The number of carbonyl (C=O) groups is 1. The second-order valence-corrected chi connectivity index (χ2v) is 6.24. The average Bonchev–Trinajstić information content (AvgIpc) is 2.56. The Kier molecular flexibility index (Phi) is 8.36. The van der Waals surface area contributed by atoms with Gasteiger partial charge in [0.1, 0.15) is 5.75 Å². The Morgan fingerprint density at radius 2 is 1.92 bits per heavy atom. The van der Waals surface area contributed by atoms with E-state index < -0.39 is 5.97 Å². The van der Waals surface area contributed by atoms with E-state index in [0.717, 1.165) is 28.9 Å². The van der Waals surface area contributed by atoms with Gasteiger partial charge in [-0.25, -0.2) is 4.79 Å². The number of methoxy groups -OCH3 is 1. The minimum absolute atomic E-state index is 0.696. The SMILES string of the molecule is C=CCc1c(OC)cc(C)c(/C=C/C(C)=C/C=C/C(C)=C/C(=O)O)c1C. The lowest BCUT2D eigenvalue weighted by atomic mass is 9.94. The molecule has 0 aliphatic rings. The van der Waals surface area contributed by atoms with Crippen molar-refractivity contribution >= 4 is 12.0 Å². The number of carboxylic acids is 1. The molecule has 0 fully saturated rings. The number of hydrogen-bond donors (Lipinski definition) is 1. The highest BCUT2D eigenvalue weighted by Crippen LogP contribution is 2.30. The predicted octanol–water partition coefficient (Wildman–Crippen LogP) is 5.59. The molecule has 0 amide bonds. The van der Waals surface area contributed by atoms with Crippen LogP contribution in [-0.2, 0) is 11.2 Å². The molecule has 3 heteroatoms. The molecule has 0 bridgehead atoms. The summed E-state index contributed by atoms with van der Waals surface area (Å²) in [5.74, 6) is -0.0403. The Morgan fingerprint density at radius 3 is 2.50 bits per heavy atom. The molecular weight excluding hydrogens is 324 g/mol. The molecule has 0 aromatic heterocycles. The van der Waals surface area contributed by atoms with E-state index in [1.807, 2.05) is 25.2 Å². The number of aliphatic carboxylic acids is 1. The molecule has 0 aliphatic carbocycles. The van der Waals surface area contributed by atoms with Crippen molar-refractivity contribution in [2.75, 3.05) is 7.11 Å². The monoisotopic (exact) mass is 352 g/mol. The zero-order valence-corrected chi connectivity index (χ0v) is 16.3. The van der Waals surface area contributed by atoms with Crippen molar-refractivity contribution in [1.82, 2.24) is 0 Å². The summed E-state index contributed by atoms with van der Waals surface area (Å²) < 4.78 is 5.50. The molecule has 0 aliphatic heterocycles.